The topological polar surface area (TPSA) is 162 Å². The van der Waals surface area contributed by atoms with E-state index in [0.717, 1.165) is 10.0 Å². The average Bonchev–Trinajstić information content (AvgIpc) is 3.12. The molecule has 0 aromatic heterocycles. The van der Waals surface area contributed by atoms with Gasteiger partial charge in [0.25, 0.3) is 0 Å². The van der Waals surface area contributed by atoms with Crippen LogP contribution in [0.5, 0.6) is 0 Å². The predicted octanol–water partition coefficient (Wildman–Crippen LogP) is 4.91. The quantitative estimate of drug-likeness (QED) is 0.274. The molecule has 14 atom stereocenters. The first-order valence-corrected chi connectivity index (χ1v) is 19.9. The zero-order valence-corrected chi connectivity index (χ0v) is 35.8. The van der Waals surface area contributed by atoms with Gasteiger partial charge in [-0.15, -0.1) is 0 Å². The highest BCUT2D eigenvalue weighted by Crippen LogP contribution is 2.40. The minimum absolute atomic E-state index is 0.136. The molecular formula is C40H65BrN2O11. The zero-order valence-electron chi connectivity index (χ0n) is 34.2. The Morgan fingerprint density at radius 3 is 2.28 bits per heavy atom. The van der Waals surface area contributed by atoms with E-state index in [-0.39, 0.29) is 37.3 Å². The molecule has 0 bridgehead atoms. The van der Waals surface area contributed by atoms with Crippen molar-refractivity contribution in [3.8, 4) is 0 Å². The number of cyclic esters (lactones) is 1. The molecule has 1 amide bonds. The van der Waals surface area contributed by atoms with Crippen LogP contribution in [0.3, 0.4) is 0 Å². The molecule has 0 spiro atoms. The van der Waals surface area contributed by atoms with Gasteiger partial charge < -0.3 is 48.9 Å². The van der Waals surface area contributed by atoms with E-state index in [9.17, 15) is 24.6 Å². The number of likely N-dealkylation sites (N-methyl/N-ethyl adjacent to an activating group) is 1. The normalized spacial score (nSPS) is 38.7. The van der Waals surface area contributed by atoms with Crippen molar-refractivity contribution < 1.29 is 53.0 Å². The molecule has 2 fully saturated rings. The van der Waals surface area contributed by atoms with Crippen molar-refractivity contribution >= 4 is 33.8 Å². The van der Waals surface area contributed by atoms with Gasteiger partial charge in [-0.2, -0.15) is 0 Å². The second-order valence-corrected chi connectivity index (χ2v) is 16.8. The molecule has 14 heteroatoms. The number of aliphatic hydroxyl groups excluding tert-OH is 1. The number of ether oxygens (including phenoxy) is 6. The number of benzene rings is 1. The number of ketones is 1. The molecule has 54 heavy (non-hydrogen) atoms. The van der Waals surface area contributed by atoms with E-state index < -0.39 is 83.7 Å². The molecule has 0 unspecified atom stereocenters. The Morgan fingerprint density at radius 1 is 1.06 bits per heavy atom. The van der Waals surface area contributed by atoms with E-state index in [1.807, 2.05) is 50.2 Å². The maximum absolute atomic E-state index is 14.2. The minimum Gasteiger partial charge on any atom is -0.459 e. The molecule has 3 N–H and O–H groups in total. The number of carbonyl (C=O) groups excluding carboxylic acids is 3. The van der Waals surface area contributed by atoms with Crippen LogP contribution >= 0.6 is 15.9 Å². The largest absolute Gasteiger partial charge is 0.459 e. The Labute approximate surface area is 330 Å². The van der Waals surface area contributed by atoms with Crippen LogP contribution in [0.2, 0.25) is 0 Å². The summed E-state index contributed by atoms with van der Waals surface area (Å²) < 4.78 is 38.1. The first kappa shape index (κ1) is 46.2. The third kappa shape index (κ3) is 10.8. The number of alkyl carbamates (subject to hydrolysis) is 1. The second kappa shape index (κ2) is 19.8. The third-order valence-electron chi connectivity index (χ3n) is 11.6. The van der Waals surface area contributed by atoms with Gasteiger partial charge in [-0.3, -0.25) is 9.59 Å². The van der Waals surface area contributed by atoms with Crippen LogP contribution in [0.25, 0.3) is 0 Å². The van der Waals surface area contributed by atoms with Crippen LogP contribution in [0.15, 0.2) is 28.7 Å². The first-order valence-electron chi connectivity index (χ1n) is 19.1. The lowest BCUT2D eigenvalue weighted by Crippen LogP contribution is -2.61. The highest BCUT2D eigenvalue weighted by atomic mass is 79.9. The van der Waals surface area contributed by atoms with Gasteiger partial charge in [0.2, 0.25) is 0 Å². The van der Waals surface area contributed by atoms with Gasteiger partial charge in [-0.25, -0.2) is 4.79 Å². The molecule has 1 aromatic rings. The third-order valence-corrected chi connectivity index (χ3v) is 12.3. The van der Waals surface area contributed by atoms with E-state index in [1.165, 1.54) is 21.1 Å². The Morgan fingerprint density at radius 2 is 1.70 bits per heavy atom. The lowest BCUT2D eigenvalue weighted by molar-refractivity contribution is -0.301. The Kier molecular flexibility index (Phi) is 16.9. The van der Waals surface area contributed by atoms with Gasteiger partial charge in [0.05, 0.1) is 29.8 Å². The van der Waals surface area contributed by atoms with Crippen LogP contribution in [0.1, 0.15) is 80.2 Å². The maximum atomic E-state index is 14.2. The monoisotopic (exact) mass is 828 g/mol. The summed E-state index contributed by atoms with van der Waals surface area (Å²) in [7, 11) is 6.67. The Bertz CT molecular complexity index is 1400. The van der Waals surface area contributed by atoms with Crippen LogP contribution in [0, 0.1) is 23.7 Å². The summed E-state index contributed by atoms with van der Waals surface area (Å²) in [4.78, 5) is 43.8. The fourth-order valence-electron chi connectivity index (χ4n) is 8.38. The van der Waals surface area contributed by atoms with Crippen LogP contribution in [0.4, 0.5) is 4.79 Å². The summed E-state index contributed by atoms with van der Waals surface area (Å²) in [6.07, 6.45) is -6.03. The van der Waals surface area contributed by atoms with E-state index in [4.69, 9.17) is 28.4 Å². The summed E-state index contributed by atoms with van der Waals surface area (Å²) >= 11 is 3.54. The Hall–Kier alpha value is -2.17. The molecule has 0 radical (unpaired) electrons. The number of nitrogens with one attached hydrogen (secondary N) is 1. The molecule has 0 aliphatic carbocycles. The number of halogens is 1. The van der Waals surface area contributed by atoms with Crippen LogP contribution < -0.4 is 5.32 Å². The van der Waals surface area contributed by atoms with E-state index in [2.05, 4.69) is 21.2 Å². The number of methoxy groups -OCH3 is 2. The molecule has 0 saturated carbocycles. The van der Waals surface area contributed by atoms with Gasteiger partial charge in [-0.05, 0) is 79.1 Å². The van der Waals surface area contributed by atoms with Crippen molar-refractivity contribution in [1.29, 1.82) is 0 Å². The fourth-order valence-corrected chi connectivity index (χ4v) is 8.86. The summed E-state index contributed by atoms with van der Waals surface area (Å²) in [5.74, 6) is -4.23. The molecule has 1 aromatic carbocycles. The van der Waals surface area contributed by atoms with Gasteiger partial charge in [0, 0.05) is 49.0 Å². The van der Waals surface area contributed by atoms with Gasteiger partial charge in [0.1, 0.15) is 29.7 Å². The van der Waals surface area contributed by atoms with Crippen LogP contribution in [-0.2, 0) is 44.4 Å². The SMILES string of the molecule is CC[C@H]1OC(=O)[C@H](C)[C@@H](OC(=O)NCCc2ccccc2Br)[C@H](C)[C@@H](O[C@@H]2O[C@H](C)C[C@H](N(C)C)[C@H]2O)[C@](C)(OC)C[C@@H](C)C(=O)[C@H](C)[C@@H](OC)[C@]1(C)O. The van der Waals surface area contributed by atoms with E-state index in [0.29, 0.717) is 12.8 Å². The van der Waals surface area contributed by atoms with Crippen molar-refractivity contribution in [3.05, 3.63) is 34.3 Å². The summed E-state index contributed by atoms with van der Waals surface area (Å²) in [5.41, 5.74) is -2.02. The molecule has 2 heterocycles. The number of amides is 1. The van der Waals surface area contributed by atoms with Crippen molar-refractivity contribution in [2.75, 3.05) is 34.9 Å². The average molecular weight is 830 g/mol. The standard InChI is InChI=1S/C40H65BrN2O11/c1-13-30-40(8,48)35(49-11)24(4)31(44)22(2)21-39(7,50-12)34(54-37-32(45)29(43(9)10)20-23(3)51-37)25(5)33(26(6)36(46)52-30)53-38(47)42-19-18-27-16-14-15-17-28(27)41/h14-17,22-26,29-30,32-35,37,45,48H,13,18-21H2,1-12H3,(H,42,47)/t22-,23-,24+,25+,26-,29+,30-,32-,33+,34-,35-,37+,39-,40-/m1/s1. The highest BCUT2D eigenvalue weighted by molar-refractivity contribution is 9.10. The molecule has 2 aliphatic rings. The molecule has 3 rings (SSSR count). The van der Waals surface area contributed by atoms with E-state index in [1.54, 1.807) is 41.5 Å². The highest BCUT2D eigenvalue weighted by Gasteiger charge is 2.53. The second-order valence-electron chi connectivity index (χ2n) is 15.9. The minimum atomic E-state index is -1.76. The molecule has 2 saturated heterocycles. The number of hydrogen-bond acceptors (Lipinski definition) is 12. The molecular weight excluding hydrogens is 764 g/mol. The van der Waals surface area contributed by atoms with Gasteiger partial charge in [0.15, 0.2) is 6.29 Å². The van der Waals surface area contributed by atoms with Crippen LogP contribution in [-0.4, -0.2) is 128 Å². The van der Waals surface area contributed by atoms with Gasteiger partial charge >= 0.3 is 12.1 Å². The number of carbonyl (C=O) groups is 3. The number of esters is 1. The zero-order chi connectivity index (χ0) is 40.7. The number of Topliss-reactive ketones (excluding diaryl/α,β-unsaturated/α-hetero) is 1. The lowest BCUT2D eigenvalue weighted by Gasteiger charge is -2.48. The molecule has 2 aliphatic heterocycles. The number of nitrogens with zero attached hydrogens (tertiary/aromatic N) is 1. The predicted molar refractivity (Wildman–Crippen MR) is 207 cm³/mol. The Balaban J connectivity index is 2.14. The van der Waals surface area contributed by atoms with E-state index >= 15 is 0 Å². The smallest absolute Gasteiger partial charge is 0.407 e. The summed E-state index contributed by atoms with van der Waals surface area (Å²) in [6.45, 7) is 14.1. The van der Waals surface area contributed by atoms with Crippen molar-refractivity contribution in [1.82, 2.24) is 10.2 Å². The van der Waals surface area contributed by atoms with Crippen molar-refractivity contribution in [2.24, 2.45) is 23.7 Å². The van der Waals surface area contributed by atoms with Gasteiger partial charge in [-0.1, -0.05) is 61.8 Å². The van der Waals surface area contributed by atoms with Crippen molar-refractivity contribution in [2.45, 2.75) is 141 Å². The fraction of sp³-hybridized carbons (Fsp3) is 0.775. The summed E-state index contributed by atoms with van der Waals surface area (Å²) in [6, 6.07) is 7.40. The number of hydrogen-bond donors (Lipinski definition) is 3. The first-order chi connectivity index (χ1) is 25.2. The summed E-state index contributed by atoms with van der Waals surface area (Å²) in [5, 5.41) is 26.3. The molecule has 13 nitrogen and oxygen atoms in total. The maximum Gasteiger partial charge on any atom is 0.407 e. The van der Waals surface area contributed by atoms with Crippen molar-refractivity contribution in [3.63, 3.8) is 0 Å². The molecule has 308 valence electrons. The number of aliphatic hydroxyl groups is 2. The lowest BCUT2D eigenvalue weighted by atomic mass is 9.73. The number of rotatable bonds is 10.